The number of benzene rings is 2. The van der Waals surface area contributed by atoms with E-state index in [0.717, 1.165) is 52.0 Å². The molecule has 1 amide bonds. The van der Waals surface area contributed by atoms with E-state index in [-0.39, 0.29) is 5.91 Å². The summed E-state index contributed by atoms with van der Waals surface area (Å²) in [6, 6.07) is 13.6. The number of H-pyrrole nitrogens is 1. The Bertz CT molecular complexity index is 1160. The van der Waals surface area contributed by atoms with Crippen molar-refractivity contribution in [1.29, 1.82) is 0 Å². The summed E-state index contributed by atoms with van der Waals surface area (Å²) in [5, 5.41) is 10.2. The van der Waals surface area contributed by atoms with Gasteiger partial charge < -0.3 is 9.73 Å². The number of aryl methyl sites for hydroxylation is 1. The van der Waals surface area contributed by atoms with Gasteiger partial charge in [0.1, 0.15) is 5.52 Å². The van der Waals surface area contributed by atoms with Crippen LogP contribution in [0.25, 0.3) is 33.8 Å². The standard InChI is InChI=1S/C24H26N4O2/c1-15(2)5-4-6-22(29)26-18-10-8-17(9-11-18)23-19(14-25-28-23)24-27-20-13-16(3)7-12-21(20)30-24/h7-15H,4-6H2,1-3H3,(H,25,28)(H,26,29). The van der Waals surface area contributed by atoms with Gasteiger partial charge in [0.05, 0.1) is 17.5 Å². The highest BCUT2D eigenvalue weighted by Crippen LogP contribution is 2.32. The quantitative estimate of drug-likeness (QED) is 0.399. The van der Waals surface area contributed by atoms with Gasteiger partial charge in [-0.05, 0) is 49.1 Å². The first-order valence-corrected chi connectivity index (χ1v) is 10.3. The lowest BCUT2D eigenvalue weighted by Gasteiger charge is -2.07. The molecule has 0 radical (unpaired) electrons. The molecule has 2 heterocycles. The molecule has 0 atom stereocenters. The number of carbonyl (C=O) groups excluding carboxylic acids is 1. The Hall–Kier alpha value is -3.41. The molecule has 6 nitrogen and oxygen atoms in total. The predicted octanol–water partition coefficient (Wildman–Crippen LogP) is 5.96. The summed E-state index contributed by atoms with van der Waals surface area (Å²) in [4.78, 5) is 16.7. The fraction of sp³-hybridized carbons (Fsp3) is 0.292. The molecule has 2 aromatic heterocycles. The SMILES string of the molecule is Cc1ccc2oc(-c3cn[nH]c3-c3ccc(NC(=O)CCCC(C)C)cc3)nc2c1. The van der Waals surface area contributed by atoms with Gasteiger partial charge >= 0.3 is 0 Å². The van der Waals surface area contributed by atoms with Crippen LogP contribution in [-0.2, 0) is 4.79 Å². The zero-order valence-corrected chi connectivity index (χ0v) is 17.5. The van der Waals surface area contributed by atoms with Crippen LogP contribution in [0.1, 0.15) is 38.7 Å². The van der Waals surface area contributed by atoms with Gasteiger partial charge in [0.15, 0.2) is 5.58 Å². The van der Waals surface area contributed by atoms with Crippen LogP contribution in [0.15, 0.2) is 53.1 Å². The summed E-state index contributed by atoms with van der Waals surface area (Å²) in [6.07, 6.45) is 4.23. The number of rotatable bonds is 7. The minimum Gasteiger partial charge on any atom is -0.436 e. The lowest BCUT2D eigenvalue weighted by atomic mass is 10.1. The molecule has 2 aromatic carbocycles. The molecular formula is C24H26N4O2. The van der Waals surface area contributed by atoms with E-state index < -0.39 is 0 Å². The summed E-state index contributed by atoms with van der Waals surface area (Å²) in [5.74, 6) is 1.19. The van der Waals surface area contributed by atoms with Gasteiger partial charge in [-0.15, -0.1) is 0 Å². The minimum atomic E-state index is 0.0485. The number of carbonyl (C=O) groups is 1. The maximum atomic E-state index is 12.1. The number of anilines is 1. The van der Waals surface area contributed by atoms with Crippen molar-refractivity contribution in [2.45, 2.75) is 40.0 Å². The van der Waals surface area contributed by atoms with Crippen molar-refractivity contribution in [3.05, 3.63) is 54.2 Å². The molecule has 0 aliphatic carbocycles. The maximum Gasteiger partial charge on any atom is 0.231 e. The summed E-state index contributed by atoms with van der Waals surface area (Å²) < 4.78 is 5.93. The van der Waals surface area contributed by atoms with Gasteiger partial charge in [-0.2, -0.15) is 5.10 Å². The fourth-order valence-corrected chi connectivity index (χ4v) is 3.44. The molecule has 0 aliphatic heterocycles. The first-order valence-electron chi connectivity index (χ1n) is 10.3. The van der Waals surface area contributed by atoms with Crippen molar-refractivity contribution in [1.82, 2.24) is 15.2 Å². The van der Waals surface area contributed by atoms with Crippen molar-refractivity contribution >= 4 is 22.7 Å². The smallest absolute Gasteiger partial charge is 0.231 e. The van der Waals surface area contributed by atoms with Crippen molar-refractivity contribution in [2.24, 2.45) is 5.92 Å². The molecule has 0 saturated heterocycles. The first-order chi connectivity index (χ1) is 14.5. The molecule has 154 valence electrons. The highest BCUT2D eigenvalue weighted by Gasteiger charge is 2.16. The number of nitrogens with zero attached hydrogens (tertiary/aromatic N) is 2. The van der Waals surface area contributed by atoms with E-state index in [1.165, 1.54) is 0 Å². The molecule has 0 saturated carbocycles. The zero-order chi connectivity index (χ0) is 21.1. The predicted molar refractivity (Wildman–Crippen MR) is 119 cm³/mol. The van der Waals surface area contributed by atoms with Crippen molar-refractivity contribution < 1.29 is 9.21 Å². The normalized spacial score (nSPS) is 11.3. The molecular weight excluding hydrogens is 376 g/mol. The van der Waals surface area contributed by atoms with E-state index >= 15 is 0 Å². The van der Waals surface area contributed by atoms with Gasteiger partial charge in [-0.25, -0.2) is 4.98 Å². The zero-order valence-electron chi connectivity index (χ0n) is 17.5. The Morgan fingerprint density at radius 3 is 2.73 bits per heavy atom. The molecule has 0 aliphatic rings. The molecule has 30 heavy (non-hydrogen) atoms. The van der Waals surface area contributed by atoms with Gasteiger partial charge in [0, 0.05) is 17.7 Å². The van der Waals surface area contributed by atoms with E-state index in [9.17, 15) is 4.79 Å². The third-order valence-corrected chi connectivity index (χ3v) is 5.06. The first kappa shape index (κ1) is 19.9. The largest absolute Gasteiger partial charge is 0.436 e. The van der Waals surface area contributed by atoms with Crippen LogP contribution in [0, 0.1) is 12.8 Å². The molecule has 4 aromatic rings. The van der Waals surface area contributed by atoms with Crippen molar-refractivity contribution in [3.8, 4) is 22.7 Å². The fourth-order valence-electron chi connectivity index (χ4n) is 3.44. The monoisotopic (exact) mass is 402 g/mol. The van der Waals surface area contributed by atoms with Crippen LogP contribution in [0.2, 0.25) is 0 Å². The third kappa shape index (κ3) is 4.43. The summed E-state index contributed by atoms with van der Waals surface area (Å²) >= 11 is 0. The second-order valence-corrected chi connectivity index (χ2v) is 8.06. The van der Waals surface area contributed by atoms with Crippen LogP contribution in [-0.4, -0.2) is 21.1 Å². The minimum absolute atomic E-state index is 0.0485. The summed E-state index contributed by atoms with van der Waals surface area (Å²) in [7, 11) is 0. The molecule has 4 rings (SSSR count). The molecule has 2 N–H and O–H groups in total. The molecule has 0 unspecified atom stereocenters. The van der Waals surface area contributed by atoms with Gasteiger partial charge in [0.2, 0.25) is 11.8 Å². The van der Waals surface area contributed by atoms with Crippen LogP contribution in [0.3, 0.4) is 0 Å². The second kappa shape index (κ2) is 8.53. The van der Waals surface area contributed by atoms with E-state index in [1.54, 1.807) is 6.20 Å². The second-order valence-electron chi connectivity index (χ2n) is 8.06. The number of hydrogen-bond donors (Lipinski definition) is 2. The molecule has 0 fully saturated rings. The number of oxazole rings is 1. The lowest BCUT2D eigenvalue weighted by molar-refractivity contribution is -0.116. The Morgan fingerprint density at radius 2 is 1.97 bits per heavy atom. The summed E-state index contributed by atoms with van der Waals surface area (Å²) in [5.41, 5.74) is 6.07. The Morgan fingerprint density at radius 1 is 1.17 bits per heavy atom. The van der Waals surface area contributed by atoms with E-state index in [4.69, 9.17) is 4.42 Å². The van der Waals surface area contributed by atoms with Crippen LogP contribution in [0.4, 0.5) is 5.69 Å². The molecule has 6 heteroatoms. The van der Waals surface area contributed by atoms with Crippen molar-refractivity contribution in [2.75, 3.05) is 5.32 Å². The maximum absolute atomic E-state index is 12.1. The Kier molecular flexibility index (Phi) is 5.65. The Balaban J connectivity index is 1.50. The van der Waals surface area contributed by atoms with Gasteiger partial charge in [-0.3, -0.25) is 9.89 Å². The van der Waals surface area contributed by atoms with Crippen LogP contribution < -0.4 is 5.32 Å². The highest BCUT2D eigenvalue weighted by molar-refractivity contribution is 5.91. The number of amides is 1. The van der Waals surface area contributed by atoms with Gasteiger partial charge in [-0.1, -0.05) is 38.5 Å². The topological polar surface area (TPSA) is 83.8 Å². The number of nitrogens with one attached hydrogen (secondary N) is 2. The molecule has 0 bridgehead atoms. The van der Waals surface area contributed by atoms with E-state index in [0.29, 0.717) is 18.2 Å². The lowest BCUT2D eigenvalue weighted by Crippen LogP contribution is -2.11. The third-order valence-electron chi connectivity index (χ3n) is 5.06. The number of fused-ring (bicyclic) bond motifs is 1. The van der Waals surface area contributed by atoms with Crippen LogP contribution >= 0.6 is 0 Å². The number of aromatic nitrogens is 3. The Labute approximate surface area is 175 Å². The number of aromatic amines is 1. The van der Waals surface area contributed by atoms with E-state index in [2.05, 4.69) is 34.3 Å². The number of hydrogen-bond acceptors (Lipinski definition) is 4. The highest BCUT2D eigenvalue weighted by atomic mass is 16.3. The van der Waals surface area contributed by atoms with Crippen LogP contribution in [0.5, 0.6) is 0 Å². The van der Waals surface area contributed by atoms with Crippen molar-refractivity contribution in [3.63, 3.8) is 0 Å². The van der Waals surface area contributed by atoms with Gasteiger partial charge in [0.25, 0.3) is 0 Å². The average molecular weight is 402 g/mol. The summed E-state index contributed by atoms with van der Waals surface area (Å²) in [6.45, 7) is 6.37. The molecule has 0 spiro atoms. The average Bonchev–Trinajstić information content (AvgIpc) is 3.34. The van der Waals surface area contributed by atoms with E-state index in [1.807, 2.05) is 49.4 Å².